The first-order valence-electron chi connectivity index (χ1n) is 7.95. The number of aromatic nitrogens is 4. The molecule has 1 aliphatic rings. The Morgan fingerprint density at radius 1 is 1.21 bits per heavy atom. The Kier molecular flexibility index (Phi) is 5.23. The van der Waals surface area contributed by atoms with Crippen molar-refractivity contribution in [3.8, 4) is 0 Å². The molecule has 0 N–H and O–H groups in total. The average molecular weight is 395 g/mol. The summed E-state index contributed by atoms with van der Waals surface area (Å²) in [5.74, 6) is 1.31. The van der Waals surface area contributed by atoms with Crippen molar-refractivity contribution in [3.63, 3.8) is 0 Å². The van der Waals surface area contributed by atoms with Crippen LogP contribution in [0.4, 0.5) is 16.2 Å². The maximum Gasteiger partial charge on any atom is 0.225 e. The van der Waals surface area contributed by atoms with Crippen molar-refractivity contribution in [1.29, 1.82) is 0 Å². The molecule has 0 saturated carbocycles. The first kappa shape index (κ1) is 17.0. The number of rotatable bonds is 4. The lowest BCUT2D eigenvalue weighted by atomic mass is 9.96. The van der Waals surface area contributed by atoms with Gasteiger partial charge in [-0.05, 0) is 41.6 Å². The van der Waals surface area contributed by atoms with E-state index in [1.807, 2.05) is 11.9 Å². The lowest BCUT2D eigenvalue weighted by molar-refractivity contribution is 0.403. The van der Waals surface area contributed by atoms with Crippen molar-refractivity contribution in [2.24, 2.45) is 5.92 Å². The quantitative estimate of drug-likeness (QED) is 0.794. The van der Waals surface area contributed by atoms with Crippen molar-refractivity contribution in [2.75, 3.05) is 36.5 Å². The highest BCUT2D eigenvalue weighted by atomic mass is 79.9. The molecule has 2 aromatic heterocycles. The Morgan fingerprint density at radius 2 is 1.88 bits per heavy atom. The highest BCUT2D eigenvalue weighted by Gasteiger charge is 2.23. The van der Waals surface area contributed by atoms with Crippen LogP contribution in [-0.2, 0) is 0 Å². The van der Waals surface area contributed by atoms with Crippen LogP contribution in [0.3, 0.4) is 0 Å². The molecule has 1 saturated heterocycles. The Hall–Kier alpha value is -1.83. The lowest BCUT2D eigenvalue weighted by Crippen LogP contribution is -2.39. The van der Waals surface area contributed by atoms with Crippen LogP contribution in [0.25, 0.3) is 0 Å². The van der Waals surface area contributed by atoms with Gasteiger partial charge in [-0.25, -0.2) is 24.3 Å². The number of hydrogen-bond donors (Lipinski definition) is 0. The van der Waals surface area contributed by atoms with Crippen LogP contribution in [0.15, 0.2) is 23.2 Å². The van der Waals surface area contributed by atoms with E-state index in [1.165, 1.54) is 6.33 Å². The molecule has 3 rings (SSSR count). The SMILES string of the molecule is Cc1ncnc(N(C)CC2CCN(c3ncc(Br)cn3)CC2)c1F. The zero-order valence-electron chi connectivity index (χ0n) is 13.8. The van der Waals surface area contributed by atoms with Crippen molar-refractivity contribution in [2.45, 2.75) is 19.8 Å². The number of halogens is 2. The second-order valence-electron chi connectivity index (χ2n) is 6.11. The normalized spacial score (nSPS) is 15.6. The molecule has 0 unspecified atom stereocenters. The summed E-state index contributed by atoms with van der Waals surface area (Å²) in [6, 6.07) is 0. The first-order valence-corrected chi connectivity index (χ1v) is 8.74. The first-order chi connectivity index (χ1) is 11.5. The van der Waals surface area contributed by atoms with Gasteiger partial charge >= 0.3 is 0 Å². The summed E-state index contributed by atoms with van der Waals surface area (Å²) in [4.78, 5) is 20.7. The lowest BCUT2D eigenvalue weighted by Gasteiger charge is -2.34. The minimum absolute atomic E-state index is 0.333. The summed E-state index contributed by atoms with van der Waals surface area (Å²) in [5.41, 5.74) is 0.383. The molecule has 0 radical (unpaired) electrons. The van der Waals surface area contributed by atoms with Crippen LogP contribution in [0, 0.1) is 18.7 Å². The summed E-state index contributed by atoms with van der Waals surface area (Å²) < 4.78 is 15.0. The average Bonchev–Trinajstić information content (AvgIpc) is 2.59. The summed E-state index contributed by atoms with van der Waals surface area (Å²) in [7, 11) is 1.88. The third-order valence-corrected chi connectivity index (χ3v) is 4.75. The van der Waals surface area contributed by atoms with E-state index in [9.17, 15) is 4.39 Å². The topological polar surface area (TPSA) is 58.0 Å². The van der Waals surface area contributed by atoms with E-state index in [0.29, 0.717) is 17.4 Å². The molecule has 0 spiro atoms. The van der Waals surface area contributed by atoms with E-state index in [-0.39, 0.29) is 5.82 Å². The number of piperidine rings is 1. The fraction of sp³-hybridized carbons (Fsp3) is 0.500. The Balaban J connectivity index is 1.57. The fourth-order valence-corrected chi connectivity index (χ4v) is 3.17. The standard InChI is InChI=1S/C16H20BrFN6/c1-11-14(18)15(22-10-21-11)23(2)9-12-3-5-24(6-4-12)16-19-7-13(17)8-20-16/h7-8,10,12H,3-6,9H2,1-2H3. The molecular formula is C16H20BrFN6. The van der Waals surface area contributed by atoms with Gasteiger partial charge in [0.15, 0.2) is 11.6 Å². The van der Waals surface area contributed by atoms with Gasteiger partial charge in [-0.15, -0.1) is 0 Å². The molecular weight excluding hydrogens is 375 g/mol. The van der Waals surface area contributed by atoms with E-state index in [1.54, 1.807) is 19.3 Å². The van der Waals surface area contributed by atoms with Gasteiger partial charge in [-0.3, -0.25) is 0 Å². The van der Waals surface area contributed by atoms with E-state index in [0.717, 1.165) is 42.9 Å². The molecule has 128 valence electrons. The second-order valence-corrected chi connectivity index (χ2v) is 7.02. The van der Waals surface area contributed by atoms with Gasteiger partial charge in [0.2, 0.25) is 5.95 Å². The molecule has 0 aromatic carbocycles. The molecule has 0 atom stereocenters. The van der Waals surface area contributed by atoms with Crippen molar-refractivity contribution in [3.05, 3.63) is 34.7 Å². The van der Waals surface area contributed by atoms with E-state index >= 15 is 0 Å². The maximum absolute atomic E-state index is 14.1. The molecule has 0 bridgehead atoms. The fourth-order valence-electron chi connectivity index (χ4n) is 2.97. The second kappa shape index (κ2) is 7.38. The Labute approximate surface area is 149 Å². The highest BCUT2D eigenvalue weighted by molar-refractivity contribution is 9.10. The van der Waals surface area contributed by atoms with Crippen LogP contribution in [0.2, 0.25) is 0 Å². The zero-order chi connectivity index (χ0) is 17.1. The Morgan fingerprint density at radius 3 is 2.54 bits per heavy atom. The van der Waals surface area contributed by atoms with Crippen molar-refractivity contribution < 1.29 is 4.39 Å². The molecule has 8 heteroatoms. The molecule has 1 aliphatic heterocycles. The van der Waals surface area contributed by atoms with Crippen molar-refractivity contribution in [1.82, 2.24) is 19.9 Å². The molecule has 6 nitrogen and oxygen atoms in total. The van der Waals surface area contributed by atoms with Crippen molar-refractivity contribution >= 4 is 27.7 Å². The van der Waals surface area contributed by atoms with Gasteiger partial charge in [-0.2, -0.15) is 0 Å². The number of nitrogens with zero attached hydrogens (tertiary/aromatic N) is 6. The summed E-state index contributed by atoms with van der Waals surface area (Å²) in [5, 5.41) is 0. The van der Waals surface area contributed by atoms with Gasteiger partial charge in [0, 0.05) is 39.1 Å². The van der Waals surface area contributed by atoms with Crippen LogP contribution in [-0.4, -0.2) is 46.6 Å². The van der Waals surface area contributed by atoms with Gasteiger partial charge in [0.05, 0.1) is 10.2 Å². The molecule has 0 amide bonds. The predicted octanol–water partition coefficient (Wildman–Crippen LogP) is 2.83. The third-order valence-electron chi connectivity index (χ3n) is 4.34. The minimum atomic E-state index is -0.333. The van der Waals surface area contributed by atoms with Crippen LogP contribution in [0.1, 0.15) is 18.5 Å². The van der Waals surface area contributed by atoms with Gasteiger partial charge in [0.25, 0.3) is 0 Å². The number of anilines is 2. The minimum Gasteiger partial charge on any atom is -0.357 e. The highest BCUT2D eigenvalue weighted by Crippen LogP contribution is 2.24. The smallest absolute Gasteiger partial charge is 0.225 e. The maximum atomic E-state index is 14.1. The molecule has 2 aromatic rings. The molecule has 0 aliphatic carbocycles. The number of hydrogen-bond acceptors (Lipinski definition) is 6. The predicted molar refractivity (Wildman–Crippen MR) is 94.7 cm³/mol. The number of aryl methyl sites for hydroxylation is 1. The summed E-state index contributed by atoms with van der Waals surface area (Å²) in [6.45, 7) is 4.25. The zero-order valence-corrected chi connectivity index (χ0v) is 15.4. The molecule has 3 heterocycles. The van der Waals surface area contributed by atoms with Gasteiger partial charge in [-0.1, -0.05) is 0 Å². The van der Waals surface area contributed by atoms with Gasteiger partial charge in [0.1, 0.15) is 6.33 Å². The van der Waals surface area contributed by atoms with Crippen LogP contribution < -0.4 is 9.80 Å². The third kappa shape index (κ3) is 3.80. The van der Waals surface area contributed by atoms with E-state index in [4.69, 9.17) is 0 Å². The Bertz CT molecular complexity index is 687. The summed E-state index contributed by atoms with van der Waals surface area (Å²) in [6.07, 6.45) is 6.99. The molecule has 1 fully saturated rings. The van der Waals surface area contributed by atoms with E-state index in [2.05, 4.69) is 40.8 Å². The van der Waals surface area contributed by atoms with Crippen LogP contribution >= 0.6 is 15.9 Å². The summed E-state index contributed by atoms with van der Waals surface area (Å²) >= 11 is 3.35. The largest absolute Gasteiger partial charge is 0.357 e. The monoisotopic (exact) mass is 394 g/mol. The van der Waals surface area contributed by atoms with E-state index < -0.39 is 0 Å². The van der Waals surface area contributed by atoms with Crippen LogP contribution in [0.5, 0.6) is 0 Å². The van der Waals surface area contributed by atoms with Gasteiger partial charge < -0.3 is 9.80 Å². The molecule has 24 heavy (non-hydrogen) atoms.